The number of amides is 1. The maximum absolute atomic E-state index is 14.8. The molecule has 0 radical (unpaired) electrons. The minimum atomic E-state index is -2.84. The number of likely N-dealkylation sites (tertiary alicyclic amines) is 1. The molecule has 0 aromatic rings. The summed E-state index contributed by atoms with van der Waals surface area (Å²) in [6.45, 7) is 2.76. The Bertz CT molecular complexity index is 389. The lowest BCUT2D eigenvalue weighted by Crippen LogP contribution is -2.74. The van der Waals surface area contributed by atoms with Crippen molar-refractivity contribution >= 4 is 6.41 Å². The molecule has 2 saturated heterocycles. The molecular weight excluding hydrogens is 264 g/mol. The molecule has 1 saturated carbocycles. The number of piperidine rings is 1. The van der Waals surface area contributed by atoms with Crippen molar-refractivity contribution in [1.29, 1.82) is 0 Å². The van der Waals surface area contributed by atoms with Crippen molar-refractivity contribution in [1.82, 2.24) is 14.7 Å². The van der Waals surface area contributed by atoms with Gasteiger partial charge in [-0.25, -0.2) is 8.78 Å². The molecule has 1 aliphatic carbocycles. The van der Waals surface area contributed by atoms with Crippen molar-refractivity contribution in [2.75, 3.05) is 46.3 Å². The molecule has 1 amide bonds. The van der Waals surface area contributed by atoms with Gasteiger partial charge in [-0.05, 0) is 32.2 Å². The van der Waals surface area contributed by atoms with Gasteiger partial charge in [0.25, 0.3) is 5.92 Å². The molecule has 6 heteroatoms. The number of halogens is 2. The lowest BCUT2D eigenvalue weighted by atomic mass is 9.80. The van der Waals surface area contributed by atoms with Crippen molar-refractivity contribution in [3.63, 3.8) is 0 Å². The third-order valence-corrected chi connectivity index (χ3v) is 5.11. The first kappa shape index (κ1) is 14.2. The Labute approximate surface area is 118 Å². The fraction of sp³-hybridized carbons (Fsp3) is 0.929. The van der Waals surface area contributed by atoms with Crippen LogP contribution in [0.15, 0.2) is 0 Å². The van der Waals surface area contributed by atoms with Crippen LogP contribution in [0.5, 0.6) is 0 Å². The number of rotatable bonds is 3. The van der Waals surface area contributed by atoms with E-state index in [4.69, 9.17) is 0 Å². The highest BCUT2D eigenvalue weighted by molar-refractivity contribution is 5.48. The second kappa shape index (κ2) is 4.91. The molecule has 1 atom stereocenters. The van der Waals surface area contributed by atoms with Crippen LogP contribution in [0.25, 0.3) is 0 Å². The highest BCUT2D eigenvalue weighted by Crippen LogP contribution is 2.44. The van der Waals surface area contributed by atoms with Crippen molar-refractivity contribution in [3.05, 3.63) is 0 Å². The van der Waals surface area contributed by atoms with Crippen molar-refractivity contribution in [2.24, 2.45) is 5.92 Å². The average Bonchev–Trinajstić information content (AvgIpc) is 3.20. The van der Waals surface area contributed by atoms with Crippen LogP contribution in [0.1, 0.15) is 19.3 Å². The van der Waals surface area contributed by atoms with E-state index in [1.165, 1.54) is 17.7 Å². The second-order valence-electron chi connectivity index (χ2n) is 6.69. The molecule has 0 N–H and O–H groups in total. The Kier molecular flexibility index (Phi) is 3.49. The summed E-state index contributed by atoms with van der Waals surface area (Å²) >= 11 is 0. The monoisotopic (exact) mass is 287 g/mol. The number of carbonyl (C=O) groups is 1. The normalized spacial score (nSPS) is 35.5. The first-order valence-corrected chi connectivity index (χ1v) is 7.48. The number of hydrogen-bond donors (Lipinski definition) is 0. The number of alkyl halides is 2. The SMILES string of the molecule is CN1CCN(CC2CC2)C2(CCN(C=O)CC2(F)F)C1. The predicted octanol–water partition coefficient (Wildman–Crippen LogP) is 0.880. The Balaban J connectivity index is 1.85. The molecule has 3 fully saturated rings. The minimum absolute atomic E-state index is 0.371. The fourth-order valence-electron chi connectivity index (χ4n) is 3.68. The summed E-state index contributed by atoms with van der Waals surface area (Å²) in [6.07, 6.45) is 3.28. The van der Waals surface area contributed by atoms with Crippen LogP contribution in [-0.2, 0) is 4.79 Å². The first-order chi connectivity index (χ1) is 9.47. The Morgan fingerprint density at radius 2 is 1.95 bits per heavy atom. The first-order valence-electron chi connectivity index (χ1n) is 7.48. The van der Waals surface area contributed by atoms with E-state index in [0.717, 1.165) is 13.1 Å². The van der Waals surface area contributed by atoms with Crippen LogP contribution >= 0.6 is 0 Å². The van der Waals surface area contributed by atoms with Crippen molar-refractivity contribution in [3.8, 4) is 0 Å². The molecule has 2 heterocycles. The summed E-state index contributed by atoms with van der Waals surface area (Å²) in [6, 6.07) is 0. The minimum Gasteiger partial charge on any atom is -0.339 e. The number of carbonyl (C=O) groups excluding carboxylic acids is 1. The van der Waals surface area contributed by atoms with Gasteiger partial charge in [0.15, 0.2) is 0 Å². The summed E-state index contributed by atoms with van der Waals surface area (Å²) in [5.74, 6) is -2.23. The van der Waals surface area contributed by atoms with Crippen LogP contribution < -0.4 is 0 Å². The van der Waals surface area contributed by atoms with Crippen molar-refractivity contribution < 1.29 is 13.6 Å². The molecule has 2 aliphatic heterocycles. The Morgan fingerprint density at radius 1 is 1.20 bits per heavy atom. The van der Waals surface area contributed by atoms with Gasteiger partial charge in [-0.3, -0.25) is 9.69 Å². The standard InChI is InChI=1S/C14H23F2N3O/c1-17-6-7-19(8-12-2-3-12)13(9-17)4-5-18(11-20)10-14(13,15)16/h11-12H,2-10H2,1H3. The van der Waals surface area contributed by atoms with Gasteiger partial charge in [-0.15, -0.1) is 0 Å². The zero-order valence-corrected chi connectivity index (χ0v) is 12.0. The molecule has 1 unspecified atom stereocenters. The quantitative estimate of drug-likeness (QED) is 0.721. The van der Waals surface area contributed by atoms with E-state index >= 15 is 0 Å². The maximum atomic E-state index is 14.8. The molecular formula is C14H23F2N3O. The van der Waals surface area contributed by atoms with Gasteiger partial charge < -0.3 is 9.80 Å². The van der Waals surface area contributed by atoms with Crippen LogP contribution in [0.3, 0.4) is 0 Å². The second-order valence-corrected chi connectivity index (χ2v) is 6.69. The van der Waals surface area contributed by atoms with E-state index in [9.17, 15) is 13.6 Å². The zero-order valence-electron chi connectivity index (χ0n) is 12.0. The van der Waals surface area contributed by atoms with Crippen molar-refractivity contribution in [2.45, 2.75) is 30.7 Å². The summed E-state index contributed by atoms with van der Waals surface area (Å²) in [5, 5.41) is 0. The third-order valence-electron chi connectivity index (χ3n) is 5.11. The van der Waals surface area contributed by atoms with E-state index < -0.39 is 18.0 Å². The molecule has 0 bridgehead atoms. The number of likely N-dealkylation sites (N-methyl/N-ethyl adjacent to an activating group) is 1. The lowest BCUT2D eigenvalue weighted by molar-refractivity contribution is -0.203. The molecule has 0 aromatic heterocycles. The molecule has 114 valence electrons. The molecule has 20 heavy (non-hydrogen) atoms. The number of hydrogen-bond acceptors (Lipinski definition) is 3. The van der Waals surface area contributed by atoms with E-state index in [2.05, 4.69) is 0 Å². The smallest absolute Gasteiger partial charge is 0.284 e. The molecule has 3 aliphatic rings. The Hall–Kier alpha value is -0.750. The van der Waals surface area contributed by atoms with Gasteiger partial charge in [-0.2, -0.15) is 0 Å². The van der Waals surface area contributed by atoms with Crippen LogP contribution in [0.2, 0.25) is 0 Å². The summed E-state index contributed by atoms with van der Waals surface area (Å²) in [7, 11) is 1.92. The van der Waals surface area contributed by atoms with Gasteiger partial charge in [0.05, 0.1) is 6.54 Å². The zero-order chi connectivity index (χ0) is 14.4. The summed E-state index contributed by atoms with van der Waals surface area (Å²) in [4.78, 5) is 16.1. The molecule has 4 nitrogen and oxygen atoms in total. The van der Waals surface area contributed by atoms with Crippen LogP contribution in [0, 0.1) is 5.92 Å². The highest BCUT2D eigenvalue weighted by Gasteiger charge is 2.61. The fourth-order valence-corrected chi connectivity index (χ4v) is 3.68. The van der Waals surface area contributed by atoms with Gasteiger partial charge in [0.1, 0.15) is 5.54 Å². The van der Waals surface area contributed by atoms with E-state index in [1.54, 1.807) is 0 Å². The lowest BCUT2D eigenvalue weighted by Gasteiger charge is -2.56. The predicted molar refractivity (Wildman–Crippen MR) is 71.7 cm³/mol. The maximum Gasteiger partial charge on any atom is 0.284 e. The van der Waals surface area contributed by atoms with E-state index in [1.807, 2.05) is 16.8 Å². The highest BCUT2D eigenvalue weighted by atomic mass is 19.3. The molecule has 1 spiro atoms. The summed E-state index contributed by atoms with van der Waals surface area (Å²) < 4.78 is 29.6. The average molecular weight is 287 g/mol. The van der Waals surface area contributed by atoms with E-state index in [0.29, 0.717) is 38.4 Å². The van der Waals surface area contributed by atoms with Gasteiger partial charge in [-0.1, -0.05) is 0 Å². The largest absolute Gasteiger partial charge is 0.339 e. The topological polar surface area (TPSA) is 26.8 Å². The molecule has 0 aromatic carbocycles. The van der Waals surface area contributed by atoms with Crippen LogP contribution in [-0.4, -0.2) is 78.9 Å². The number of nitrogens with zero attached hydrogens (tertiary/aromatic N) is 3. The third kappa shape index (κ3) is 2.33. The molecule has 3 rings (SSSR count). The van der Waals surface area contributed by atoms with Gasteiger partial charge >= 0.3 is 0 Å². The van der Waals surface area contributed by atoms with E-state index in [-0.39, 0.29) is 0 Å². The van der Waals surface area contributed by atoms with Gasteiger partial charge in [0, 0.05) is 32.7 Å². The number of piperazine rings is 1. The summed E-state index contributed by atoms with van der Waals surface area (Å²) in [5.41, 5.74) is -1.08. The Morgan fingerprint density at radius 3 is 2.55 bits per heavy atom. The van der Waals surface area contributed by atoms with Crippen LogP contribution in [0.4, 0.5) is 8.78 Å². The van der Waals surface area contributed by atoms with Gasteiger partial charge in [0.2, 0.25) is 6.41 Å².